The highest BCUT2D eigenvalue weighted by Gasteiger charge is 2.09. The van der Waals surface area contributed by atoms with Gasteiger partial charge in [0.05, 0.1) is 0 Å². The van der Waals surface area contributed by atoms with E-state index in [4.69, 9.17) is 0 Å². The highest BCUT2D eigenvalue weighted by molar-refractivity contribution is 5.85. The number of nitrogens with one attached hydrogen (secondary N) is 1. The molecule has 2 heteroatoms. The van der Waals surface area contributed by atoms with Crippen molar-refractivity contribution in [3.63, 3.8) is 0 Å². The normalized spacial score (nSPS) is 17.2. The Morgan fingerprint density at radius 2 is 1.59 bits per heavy atom. The van der Waals surface area contributed by atoms with Crippen LogP contribution in [0.25, 0.3) is 10.8 Å². The zero-order valence-electron chi connectivity index (χ0n) is 10.0. The molecule has 17 heavy (non-hydrogen) atoms. The lowest BCUT2D eigenvalue weighted by atomic mass is 10.1. The minimum Gasteiger partial charge on any atom is -0.319 e. The lowest BCUT2D eigenvalue weighted by Crippen LogP contribution is -2.34. The molecule has 0 saturated carbocycles. The lowest BCUT2D eigenvalue weighted by Gasteiger charge is -2.27. The van der Waals surface area contributed by atoms with Crippen LogP contribution in [0.15, 0.2) is 42.5 Å². The molecular weight excluding hydrogens is 208 g/mol. The maximum Gasteiger partial charge on any atom is 0.0496 e. The van der Waals surface area contributed by atoms with Crippen molar-refractivity contribution < 1.29 is 0 Å². The van der Waals surface area contributed by atoms with E-state index in [0.717, 1.165) is 13.1 Å². The zero-order chi connectivity index (χ0) is 11.5. The van der Waals surface area contributed by atoms with Crippen molar-refractivity contribution in [3.05, 3.63) is 42.5 Å². The summed E-state index contributed by atoms with van der Waals surface area (Å²) in [5, 5.41) is 4.93. The van der Waals surface area contributed by atoms with Crippen LogP contribution in [0.5, 0.6) is 0 Å². The Balaban J connectivity index is 1.80. The predicted octanol–water partition coefficient (Wildman–Crippen LogP) is 3.65. The summed E-state index contributed by atoms with van der Waals surface area (Å²) in [7, 11) is 0. The molecule has 1 N–H and O–H groups in total. The molecule has 0 unspecified atom stereocenters. The lowest BCUT2D eigenvalue weighted by molar-refractivity contribution is 0.273. The second kappa shape index (κ2) is 4.76. The first-order valence-corrected chi connectivity index (χ1v) is 6.42. The molecule has 2 nitrogen and oxygen atoms in total. The van der Waals surface area contributed by atoms with E-state index in [1.807, 2.05) is 0 Å². The predicted molar refractivity (Wildman–Crippen MR) is 73.0 cm³/mol. The number of hydrazine groups is 1. The molecule has 2 aromatic rings. The first-order chi connectivity index (χ1) is 8.42. The van der Waals surface area contributed by atoms with Crippen LogP contribution >= 0.6 is 0 Å². The fraction of sp³-hybridized carbons (Fsp3) is 0.333. The van der Waals surface area contributed by atoms with Crippen LogP contribution in [0.2, 0.25) is 0 Å². The van der Waals surface area contributed by atoms with Crippen molar-refractivity contribution in [3.8, 4) is 0 Å². The van der Waals surface area contributed by atoms with Gasteiger partial charge in [-0.15, -0.1) is 0 Å². The van der Waals surface area contributed by atoms with E-state index in [1.165, 1.54) is 35.7 Å². The van der Waals surface area contributed by atoms with Crippen molar-refractivity contribution in [2.45, 2.75) is 19.3 Å². The van der Waals surface area contributed by atoms with Crippen LogP contribution in [-0.2, 0) is 0 Å². The van der Waals surface area contributed by atoms with Gasteiger partial charge in [0.15, 0.2) is 0 Å². The Morgan fingerprint density at radius 3 is 2.41 bits per heavy atom. The van der Waals surface area contributed by atoms with Gasteiger partial charge in [-0.05, 0) is 35.7 Å². The van der Waals surface area contributed by atoms with Gasteiger partial charge in [0.1, 0.15) is 0 Å². The Kier molecular flexibility index (Phi) is 2.97. The summed E-state index contributed by atoms with van der Waals surface area (Å²) in [6.45, 7) is 2.32. The molecule has 0 amide bonds. The number of piperidine rings is 1. The summed E-state index contributed by atoms with van der Waals surface area (Å²) in [5.41, 5.74) is 4.71. The van der Waals surface area contributed by atoms with E-state index in [2.05, 4.69) is 52.9 Å². The van der Waals surface area contributed by atoms with E-state index in [9.17, 15) is 0 Å². The van der Waals surface area contributed by atoms with E-state index in [0.29, 0.717) is 0 Å². The van der Waals surface area contributed by atoms with Crippen molar-refractivity contribution in [1.82, 2.24) is 5.01 Å². The van der Waals surface area contributed by atoms with Gasteiger partial charge in [-0.1, -0.05) is 36.8 Å². The average molecular weight is 226 g/mol. The molecule has 1 heterocycles. The largest absolute Gasteiger partial charge is 0.319 e. The summed E-state index contributed by atoms with van der Waals surface area (Å²) >= 11 is 0. The third-order valence-electron chi connectivity index (χ3n) is 3.39. The van der Waals surface area contributed by atoms with Gasteiger partial charge in [0.25, 0.3) is 0 Å². The van der Waals surface area contributed by atoms with Crippen molar-refractivity contribution >= 4 is 16.5 Å². The molecule has 0 radical (unpaired) electrons. The summed E-state index contributed by atoms with van der Waals surface area (Å²) in [5.74, 6) is 0. The maximum atomic E-state index is 3.51. The smallest absolute Gasteiger partial charge is 0.0496 e. The highest BCUT2D eigenvalue weighted by Crippen LogP contribution is 2.20. The van der Waals surface area contributed by atoms with Crippen molar-refractivity contribution in [2.75, 3.05) is 18.5 Å². The Bertz CT molecular complexity index is 501. The number of nitrogens with zero attached hydrogens (tertiary/aromatic N) is 1. The molecule has 1 aliphatic heterocycles. The van der Waals surface area contributed by atoms with Crippen LogP contribution in [-0.4, -0.2) is 18.1 Å². The Hall–Kier alpha value is -1.54. The zero-order valence-corrected chi connectivity index (χ0v) is 10.0. The van der Waals surface area contributed by atoms with Crippen LogP contribution < -0.4 is 5.43 Å². The number of rotatable bonds is 2. The van der Waals surface area contributed by atoms with Gasteiger partial charge in [0.2, 0.25) is 0 Å². The molecule has 1 fully saturated rings. The number of anilines is 1. The topological polar surface area (TPSA) is 15.3 Å². The summed E-state index contributed by atoms with van der Waals surface area (Å²) in [6, 6.07) is 15.1. The third kappa shape index (κ3) is 2.42. The van der Waals surface area contributed by atoms with Gasteiger partial charge >= 0.3 is 0 Å². The minimum absolute atomic E-state index is 1.16. The Morgan fingerprint density at radius 1 is 0.824 bits per heavy atom. The fourth-order valence-corrected chi connectivity index (χ4v) is 2.45. The van der Waals surface area contributed by atoms with Crippen LogP contribution in [0.4, 0.5) is 5.69 Å². The monoisotopic (exact) mass is 226 g/mol. The van der Waals surface area contributed by atoms with E-state index in [-0.39, 0.29) is 0 Å². The second-order valence-electron chi connectivity index (χ2n) is 4.72. The van der Waals surface area contributed by atoms with E-state index >= 15 is 0 Å². The van der Waals surface area contributed by atoms with Gasteiger partial charge in [-0.3, -0.25) is 0 Å². The van der Waals surface area contributed by atoms with E-state index < -0.39 is 0 Å². The fourth-order valence-electron chi connectivity index (χ4n) is 2.45. The van der Waals surface area contributed by atoms with E-state index in [1.54, 1.807) is 0 Å². The molecule has 1 aliphatic rings. The molecule has 0 aliphatic carbocycles. The molecule has 0 aromatic heterocycles. The number of benzene rings is 2. The second-order valence-corrected chi connectivity index (χ2v) is 4.72. The van der Waals surface area contributed by atoms with Crippen molar-refractivity contribution in [1.29, 1.82) is 0 Å². The SMILES string of the molecule is c1ccc2cc(NN3CCCCC3)ccc2c1. The summed E-state index contributed by atoms with van der Waals surface area (Å²) < 4.78 is 0. The molecular formula is C15H18N2. The molecule has 88 valence electrons. The summed E-state index contributed by atoms with van der Waals surface area (Å²) in [6.07, 6.45) is 3.98. The van der Waals surface area contributed by atoms with Gasteiger partial charge in [-0.25, -0.2) is 5.01 Å². The quantitative estimate of drug-likeness (QED) is 0.840. The first kappa shape index (κ1) is 10.6. The molecule has 0 spiro atoms. The van der Waals surface area contributed by atoms with Gasteiger partial charge < -0.3 is 5.43 Å². The first-order valence-electron chi connectivity index (χ1n) is 6.42. The highest BCUT2D eigenvalue weighted by atomic mass is 15.5. The van der Waals surface area contributed by atoms with Crippen LogP contribution in [0.3, 0.4) is 0 Å². The van der Waals surface area contributed by atoms with Crippen LogP contribution in [0.1, 0.15) is 19.3 Å². The minimum atomic E-state index is 1.16. The molecule has 1 saturated heterocycles. The third-order valence-corrected chi connectivity index (χ3v) is 3.39. The van der Waals surface area contributed by atoms with Gasteiger partial charge in [-0.2, -0.15) is 0 Å². The van der Waals surface area contributed by atoms with Gasteiger partial charge in [0, 0.05) is 18.8 Å². The number of fused-ring (bicyclic) bond motifs is 1. The van der Waals surface area contributed by atoms with Crippen LogP contribution in [0, 0.1) is 0 Å². The number of hydrogen-bond donors (Lipinski definition) is 1. The molecule has 0 bridgehead atoms. The van der Waals surface area contributed by atoms with Crippen molar-refractivity contribution in [2.24, 2.45) is 0 Å². The standard InChI is InChI=1S/C15H18N2/c1-4-10-17(11-5-1)16-15-9-8-13-6-2-3-7-14(13)12-15/h2-3,6-9,12,16H,1,4-5,10-11H2. The molecule has 2 aromatic carbocycles. The molecule has 0 atom stereocenters. The number of hydrogen-bond acceptors (Lipinski definition) is 2. The Labute approximate surface area is 102 Å². The maximum absolute atomic E-state index is 3.51. The molecule has 3 rings (SSSR count). The average Bonchev–Trinajstić information content (AvgIpc) is 2.40. The summed E-state index contributed by atoms with van der Waals surface area (Å²) in [4.78, 5) is 0.